The highest BCUT2D eigenvalue weighted by atomic mass is 35.5. The lowest BCUT2D eigenvalue weighted by atomic mass is 9.96. The molecule has 3 aromatic rings. The predicted octanol–water partition coefficient (Wildman–Crippen LogP) is 4.24. The lowest BCUT2D eigenvalue weighted by Crippen LogP contribution is -2.08. The van der Waals surface area contributed by atoms with Gasteiger partial charge in [-0.05, 0) is 40.3 Å². The summed E-state index contributed by atoms with van der Waals surface area (Å²) in [6, 6.07) is 17.2. The summed E-state index contributed by atoms with van der Waals surface area (Å²) in [7, 11) is 0. The number of carbonyl (C=O) groups excluding carboxylic acids is 2. The summed E-state index contributed by atoms with van der Waals surface area (Å²) in [5, 5.41) is 1.51. The van der Waals surface area contributed by atoms with E-state index in [1.165, 1.54) is 13.8 Å². The van der Waals surface area contributed by atoms with Gasteiger partial charge in [-0.2, -0.15) is 0 Å². The number of esters is 2. The molecule has 3 rings (SSSR count). The highest BCUT2D eigenvalue weighted by Crippen LogP contribution is 2.39. The topological polar surface area (TPSA) is 78.6 Å². The first-order valence-electron chi connectivity index (χ1n) is 8.21. The minimum atomic E-state index is -0.495. The molecule has 2 N–H and O–H groups in total. The first-order valence-corrected chi connectivity index (χ1v) is 8.21. The highest BCUT2D eigenvalue weighted by Gasteiger charge is 2.17. The fourth-order valence-corrected chi connectivity index (χ4v) is 2.92. The van der Waals surface area contributed by atoms with Crippen LogP contribution in [0.15, 0.2) is 54.6 Å². The van der Waals surface area contributed by atoms with Gasteiger partial charge in [0.05, 0.1) is 0 Å². The molecule has 6 heteroatoms. The number of halogens is 1. The van der Waals surface area contributed by atoms with Gasteiger partial charge in [-0.3, -0.25) is 9.59 Å². The molecule has 0 amide bonds. The Labute approximate surface area is 163 Å². The van der Waals surface area contributed by atoms with Crippen molar-refractivity contribution in [2.75, 3.05) is 0 Å². The van der Waals surface area contributed by atoms with Gasteiger partial charge in [-0.1, -0.05) is 36.4 Å². The van der Waals surface area contributed by atoms with Crippen LogP contribution in [0.3, 0.4) is 0 Å². The third-order valence-corrected chi connectivity index (χ3v) is 3.96. The Morgan fingerprint density at radius 2 is 1.52 bits per heavy atom. The Hall–Kier alpha value is -2.89. The van der Waals surface area contributed by atoms with Crippen LogP contribution in [0, 0.1) is 0 Å². The Balaban J connectivity index is 0.00000261. The molecule has 0 heterocycles. The average Bonchev–Trinajstić information content (AvgIpc) is 2.62. The Morgan fingerprint density at radius 1 is 0.852 bits per heavy atom. The molecule has 5 nitrogen and oxygen atoms in total. The van der Waals surface area contributed by atoms with Crippen molar-refractivity contribution in [3.05, 3.63) is 60.2 Å². The van der Waals surface area contributed by atoms with Gasteiger partial charge in [0.2, 0.25) is 0 Å². The molecule has 140 valence electrons. The van der Waals surface area contributed by atoms with Crippen molar-refractivity contribution >= 4 is 35.1 Å². The summed E-state index contributed by atoms with van der Waals surface area (Å²) in [5.41, 5.74) is 8.79. The summed E-state index contributed by atoms with van der Waals surface area (Å²) >= 11 is 0. The summed E-state index contributed by atoms with van der Waals surface area (Å²) in [5.74, 6) is -0.563. The third kappa shape index (κ3) is 4.45. The van der Waals surface area contributed by atoms with Crippen molar-refractivity contribution in [2.45, 2.75) is 20.4 Å². The number of fused-ring (bicyclic) bond motifs is 1. The summed E-state index contributed by atoms with van der Waals surface area (Å²) in [4.78, 5) is 23.0. The number of benzene rings is 3. The van der Waals surface area contributed by atoms with Crippen molar-refractivity contribution in [1.29, 1.82) is 0 Å². The number of rotatable bonds is 4. The molecule has 0 fully saturated rings. The first kappa shape index (κ1) is 20.4. The maximum Gasteiger partial charge on any atom is 0.308 e. The highest BCUT2D eigenvalue weighted by molar-refractivity contribution is 5.98. The molecule has 3 aromatic carbocycles. The number of nitrogens with two attached hydrogens (primary N) is 1. The second-order valence-corrected chi connectivity index (χ2v) is 5.88. The van der Waals surface area contributed by atoms with E-state index >= 15 is 0 Å². The largest absolute Gasteiger partial charge is 0.423 e. The van der Waals surface area contributed by atoms with Crippen LogP contribution in [-0.4, -0.2) is 11.9 Å². The zero-order valence-corrected chi connectivity index (χ0v) is 15.8. The second-order valence-electron chi connectivity index (χ2n) is 5.88. The Morgan fingerprint density at radius 3 is 2.11 bits per heavy atom. The van der Waals surface area contributed by atoms with E-state index in [1.807, 2.05) is 48.5 Å². The van der Waals surface area contributed by atoms with E-state index in [0.29, 0.717) is 11.9 Å². The lowest BCUT2D eigenvalue weighted by Gasteiger charge is -2.15. The maximum atomic E-state index is 11.6. The smallest absolute Gasteiger partial charge is 0.308 e. The fraction of sp³-hybridized carbons (Fsp3) is 0.143. The van der Waals surface area contributed by atoms with E-state index in [1.54, 1.807) is 6.07 Å². The summed E-state index contributed by atoms with van der Waals surface area (Å²) in [6.45, 7) is 2.93. The van der Waals surface area contributed by atoms with Crippen molar-refractivity contribution < 1.29 is 19.1 Å². The van der Waals surface area contributed by atoms with E-state index in [0.717, 1.165) is 22.1 Å². The first-order chi connectivity index (χ1) is 12.5. The third-order valence-electron chi connectivity index (χ3n) is 3.96. The molecule has 27 heavy (non-hydrogen) atoms. The summed E-state index contributed by atoms with van der Waals surface area (Å²) < 4.78 is 10.6. The van der Waals surface area contributed by atoms with Crippen molar-refractivity contribution in [2.24, 2.45) is 5.73 Å². The molecule has 0 saturated carbocycles. The minimum Gasteiger partial charge on any atom is -0.423 e. The Bertz CT molecular complexity index is 986. The molecule has 0 spiro atoms. The van der Waals surface area contributed by atoms with E-state index in [9.17, 15) is 9.59 Å². The predicted molar refractivity (Wildman–Crippen MR) is 107 cm³/mol. The maximum absolute atomic E-state index is 11.6. The molecule has 0 atom stereocenters. The molecular formula is C21H20ClNO4. The normalized spacial score (nSPS) is 10.2. The quantitative estimate of drug-likeness (QED) is 0.536. The fourth-order valence-electron chi connectivity index (χ4n) is 2.92. The van der Waals surface area contributed by atoms with E-state index in [4.69, 9.17) is 15.2 Å². The SMILES string of the molecule is CC(=O)Oc1ccc2c(CN)cc(-c3ccccc3)cc2c1OC(C)=O.Cl. The van der Waals surface area contributed by atoms with E-state index < -0.39 is 11.9 Å². The van der Waals surface area contributed by atoms with Crippen LogP contribution in [0.4, 0.5) is 0 Å². The van der Waals surface area contributed by atoms with Gasteiger partial charge >= 0.3 is 11.9 Å². The van der Waals surface area contributed by atoms with Crippen molar-refractivity contribution in [3.63, 3.8) is 0 Å². The monoisotopic (exact) mass is 385 g/mol. The van der Waals surface area contributed by atoms with E-state index in [-0.39, 0.29) is 23.9 Å². The molecule has 0 aliphatic carbocycles. The van der Waals surface area contributed by atoms with Crippen molar-refractivity contribution in [3.8, 4) is 22.6 Å². The van der Waals surface area contributed by atoms with Gasteiger partial charge < -0.3 is 15.2 Å². The number of hydrogen-bond acceptors (Lipinski definition) is 5. The molecule has 0 unspecified atom stereocenters. The van der Waals surface area contributed by atoms with Crippen LogP contribution in [0.1, 0.15) is 19.4 Å². The molecule has 0 aliphatic heterocycles. The van der Waals surface area contributed by atoms with E-state index in [2.05, 4.69) is 0 Å². The van der Waals surface area contributed by atoms with Gasteiger partial charge in [0.15, 0.2) is 11.5 Å². The molecular weight excluding hydrogens is 366 g/mol. The van der Waals surface area contributed by atoms with Crippen LogP contribution in [0.25, 0.3) is 21.9 Å². The lowest BCUT2D eigenvalue weighted by molar-refractivity contribution is -0.134. The van der Waals surface area contributed by atoms with Gasteiger partial charge in [0, 0.05) is 25.8 Å². The number of ether oxygens (including phenoxy) is 2. The molecule has 0 aromatic heterocycles. The molecule has 0 saturated heterocycles. The zero-order chi connectivity index (χ0) is 18.7. The van der Waals surface area contributed by atoms with Gasteiger partial charge in [0.25, 0.3) is 0 Å². The summed E-state index contributed by atoms with van der Waals surface area (Å²) in [6.07, 6.45) is 0. The van der Waals surface area contributed by atoms with Crippen LogP contribution < -0.4 is 15.2 Å². The van der Waals surface area contributed by atoms with Gasteiger partial charge in [-0.25, -0.2) is 0 Å². The second kappa shape index (κ2) is 8.66. The molecule has 0 aliphatic rings. The minimum absolute atomic E-state index is 0. The van der Waals surface area contributed by atoms with Gasteiger partial charge in [-0.15, -0.1) is 12.4 Å². The van der Waals surface area contributed by atoms with Gasteiger partial charge in [0.1, 0.15) is 0 Å². The molecule has 0 bridgehead atoms. The van der Waals surface area contributed by atoms with Crippen LogP contribution in [0.5, 0.6) is 11.5 Å². The van der Waals surface area contributed by atoms with Crippen LogP contribution >= 0.6 is 12.4 Å². The molecule has 0 radical (unpaired) electrons. The zero-order valence-electron chi connectivity index (χ0n) is 15.0. The Kier molecular flexibility index (Phi) is 6.55. The van der Waals surface area contributed by atoms with Crippen LogP contribution in [-0.2, 0) is 16.1 Å². The number of carbonyl (C=O) groups is 2. The van der Waals surface area contributed by atoms with Crippen LogP contribution in [0.2, 0.25) is 0 Å². The van der Waals surface area contributed by atoms with Crippen molar-refractivity contribution in [1.82, 2.24) is 0 Å². The average molecular weight is 386 g/mol. The number of hydrogen-bond donors (Lipinski definition) is 1. The standard InChI is InChI=1S/C21H19NO4.ClH/c1-13(23)25-20-9-8-18-17(12-22)10-16(15-6-4-3-5-7-15)11-19(18)21(20)26-14(2)24;/h3-11H,12,22H2,1-2H3;1H.